The van der Waals surface area contributed by atoms with E-state index in [1.807, 2.05) is 24.3 Å². The van der Waals surface area contributed by atoms with Crippen molar-refractivity contribution in [2.75, 3.05) is 19.0 Å². The summed E-state index contributed by atoms with van der Waals surface area (Å²) in [6.45, 7) is 1.26. The molecule has 154 valence electrons. The first kappa shape index (κ1) is 20.0. The van der Waals surface area contributed by atoms with Gasteiger partial charge < -0.3 is 15.0 Å². The van der Waals surface area contributed by atoms with Gasteiger partial charge in [0.05, 0.1) is 19.3 Å². The van der Waals surface area contributed by atoms with E-state index in [4.69, 9.17) is 16.3 Å². The number of amides is 1. The maximum Gasteiger partial charge on any atom is 0.255 e. The molecule has 0 bridgehead atoms. The first-order chi connectivity index (χ1) is 14.5. The van der Waals surface area contributed by atoms with Gasteiger partial charge in [-0.3, -0.25) is 14.6 Å². The number of carbonyl (C=O) groups excluding carboxylic acids is 1. The third-order valence-electron chi connectivity index (χ3n) is 5.07. The summed E-state index contributed by atoms with van der Waals surface area (Å²) in [5.74, 6) is 1.06. The van der Waals surface area contributed by atoms with Crippen molar-refractivity contribution in [3.63, 3.8) is 0 Å². The van der Waals surface area contributed by atoms with Gasteiger partial charge in [-0.05, 0) is 48.4 Å². The van der Waals surface area contributed by atoms with Crippen LogP contribution in [0.5, 0.6) is 5.75 Å². The van der Waals surface area contributed by atoms with Crippen molar-refractivity contribution in [1.29, 1.82) is 0 Å². The van der Waals surface area contributed by atoms with E-state index in [-0.39, 0.29) is 18.0 Å². The summed E-state index contributed by atoms with van der Waals surface area (Å²) in [5, 5.41) is 3.73. The average Bonchev–Trinajstić information content (AvgIpc) is 2.77. The zero-order valence-electron chi connectivity index (χ0n) is 16.4. The van der Waals surface area contributed by atoms with Crippen molar-refractivity contribution in [2.24, 2.45) is 0 Å². The lowest BCUT2D eigenvalue weighted by Crippen LogP contribution is -2.39. The van der Waals surface area contributed by atoms with E-state index in [1.54, 1.807) is 36.3 Å². The summed E-state index contributed by atoms with van der Waals surface area (Å²) >= 11 is 5.91. The number of rotatable bonds is 5. The summed E-state index contributed by atoms with van der Waals surface area (Å²) < 4.78 is 5.16. The number of nitrogens with zero attached hydrogens (tertiary/aromatic N) is 2. The molecule has 2 heterocycles. The average molecular weight is 425 g/mol. The first-order valence-electron chi connectivity index (χ1n) is 9.57. The predicted octanol–water partition coefficient (Wildman–Crippen LogP) is 3.24. The Balaban J connectivity index is 1.49. The van der Waals surface area contributed by atoms with Crippen LogP contribution in [0, 0.1) is 0 Å². The van der Waals surface area contributed by atoms with Crippen LogP contribution in [0.3, 0.4) is 0 Å². The van der Waals surface area contributed by atoms with Gasteiger partial charge in [0.2, 0.25) is 5.95 Å². The number of benzene rings is 2. The van der Waals surface area contributed by atoms with Crippen molar-refractivity contribution in [1.82, 2.24) is 14.9 Å². The highest BCUT2D eigenvalue weighted by molar-refractivity contribution is 6.30. The molecule has 8 heteroatoms. The molecule has 0 atom stereocenters. The largest absolute Gasteiger partial charge is 0.497 e. The number of ether oxygens (including phenoxy) is 1. The Labute approximate surface area is 178 Å². The quantitative estimate of drug-likeness (QED) is 0.656. The summed E-state index contributed by atoms with van der Waals surface area (Å²) in [7, 11) is 1.62. The third kappa shape index (κ3) is 4.31. The monoisotopic (exact) mass is 424 g/mol. The van der Waals surface area contributed by atoms with E-state index >= 15 is 0 Å². The van der Waals surface area contributed by atoms with Gasteiger partial charge in [-0.1, -0.05) is 23.7 Å². The normalized spacial score (nSPS) is 12.9. The number of nitrogens with one attached hydrogen (secondary N) is 2. The fourth-order valence-corrected chi connectivity index (χ4v) is 3.53. The van der Waals surface area contributed by atoms with Crippen molar-refractivity contribution in [3.05, 3.63) is 86.3 Å². The Bertz CT molecular complexity index is 1110. The lowest BCUT2D eigenvalue weighted by Gasteiger charge is -2.28. The standard InChI is InChI=1S/C22H21ClN4O3/c1-30-17-8-2-14(3-9-17)12-24-22-25-19-13-27(11-10-18(19)20(28)26-22)21(29)15-4-6-16(23)7-5-15/h2-9H,10-13H2,1H3,(H2,24,25,26,28). The molecule has 0 fully saturated rings. The molecule has 2 N–H and O–H groups in total. The summed E-state index contributed by atoms with van der Waals surface area (Å²) in [4.78, 5) is 34.3. The second-order valence-corrected chi connectivity index (χ2v) is 7.46. The van der Waals surface area contributed by atoms with Crippen molar-refractivity contribution in [2.45, 2.75) is 19.5 Å². The van der Waals surface area contributed by atoms with Crippen LogP contribution in [0.1, 0.15) is 27.2 Å². The van der Waals surface area contributed by atoms with E-state index in [0.717, 1.165) is 11.3 Å². The van der Waals surface area contributed by atoms with Crippen LogP contribution in [0.4, 0.5) is 5.95 Å². The predicted molar refractivity (Wildman–Crippen MR) is 115 cm³/mol. The van der Waals surface area contributed by atoms with Crippen molar-refractivity contribution in [3.8, 4) is 5.75 Å². The zero-order chi connectivity index (χ0) is 21.1. The molecule has 0 spiro atoms. The first-order valence-corrected chi connectivity index (χ1v) is 9.95. The topological polar surface area (TPSA) is 87.3 Å². The maximum atomic E-state index is 12.8. The third-order valence-corrected chi connectivity index (χ3v) is 5.32. The van der Waals surface area contributed by atoms with Crippen LogP contribution in [0.25, 0.3) is 0 Å². The number of fused-ring (bicyclic) bond motifs is 1. The number of hydrogen-bond acceptors (Lipinski definition) is 5. The summed E-state index contributed by atoms with van der Waals surface area (Å²) in [6, 6.07) is 14.4. The van der Waals surface area contributed by atoms with Crippen LogP contribution >= 0.6 is 11.6 Å². The zero-order valence-corrected chi connectivity index (χ0v) is 17.2. The highest BCUT2D eigenvalue weighted by Gasteiger charge is 2.25. The maximum absolute atomic E-state index is 12.8. The van der Waals surface area contributed by atoms with Gasteiger partial charge >= 0.3 is 0 Å². The second kappa shape index (κ2) is 8.59. The summed E-state index contributed by atoms with van der Waals surface area (Å²) in [5.41, 5.74) is 2.66. The number of anilines is 1. The van der Waals surface area contributed by atoms with Gasteiger partial charge in [0, 0.05) is 29.2 Å². The van der Waals surface area contributed by atoms with Gasteiger partial charge in [-0.2, -0.15) is 0 Å². The van der Waals surface area contributed by atoms with Crippen molar-refractivity contribution < 1.29 is 9.53 Å². The summed E-state index contributed by atoms with van der Waals surface area (Å²) in [6.07, 6.45) is 0.468. The molecule has 1 amide bonds. The van der Waals surface area contributed by atoms with Crippen LogP contribution in [-0.2, 0) is 19.5 Å². The number of methoxy groups -OCH3 is 1. The van der Waals surface area contributed by atoms with Crippen molar-refractivity contribution >= 4 is 23.5 Å². The molecule has 1 aromatic heterocycles. The molecular formula is C22H21ClN4O3. The van der Waals surface area contributed by atoms with Gasteiger partial charge in [0.25, 0.3) is 11.5 Å². The Morgan fingerprint density at radius 3 is 2.63 bits per heavy atom. The molecule has 0 unspecified atom stereocenters. The smallest absolute Gasteiger partial charge is 0.255 e. The second-order valence-electron chi connectivity index (χ2n) is 7.03. The van der Waals surface area contributed by atoms with Gasteiger partial charge in [0.1, 0.15) is 5.75 Å². The highest BCUT2D eigenvalue weighted by atomic mass is 35.5. The van der Waals surface area contributed by atoms with Gasteiger partial charge in [0.15, 0.2) is 0 Å². The highest BCUT2D eigenvalue weighted by Crippen LogP contribution is 2.19. The molecule has 0 aliphatic carbocycles. The molecule has 3 aromatic rings. The molecule has 30 heavy (non-hydrogen) atoms. The molecule has 4 rings (SSSR count). The van der Waals surface area contributed by atoms with Gasteiger partial charge in [-0.25, -0.2) is 4.98 Å². The Morgan fingerprint density at radius 2 is 1.93 bits per heavy atom. The molecule has 0 saturated heterocycles. The molecule has 1 aliphatic heterocycles. The Kier molecular flexibility index (Phi) is 5.72. The van der Waals surface area contributed by atoms with Crippen LogP contribution in [0.15, 0.2) is 53.3 Å². The minimum Gasteiger partial charge on any atom is -0.497 e. The van der Waals surface area contributed by atoms with Gasteiger partial charge in [-0.15, -0.1) is 0 Å². The van der Waals surface area contributed by atoms with Crippen LogP contribution in [-0.4, -0.2) is 34.4 Å². The van der Waals surface area contributed by atoms with Crippen LogP contribution < -0.4 is 15.6 Å². The minimum absolute atomic E-state index is 0.104. The van der Waals surface area contributed by atoms with Crippen LogP contribution in [0.2, 0.25) is 5.02 Å². The number of hydrogen-bond donors (Lipinski definition) is 2. The van der Waals surface area contributed by atoms with E-state index < -0.39 is 0 Å². The molecule has 2 aromatic carbocycles. The molecule has 0 saturated carbocycles. The molecular weight excluding hydrogens is 404 g/mol. The number of H-pyrrole nitrogens is 1. The number of aromatic amines is 1. The molecule has 0 radical (unpaired) electrons. The SMILES string of the molecule is COc1ccc(CNc2nc3c(c(=O)[nH]2)CCN(C(=O)c2ccc(Cl)cc2)C3)cc1. The van der Waals surface area contributed by atoms with E-state index in [1.165, 1.54) is 0 Å². The molecule has 7 nitrogen and oxygen atoms in total. The Hall–Kier alpha value is -3.32. The Morgan fingerprint density at radius 1 is 1.20 bits per heavy atom. The van der Waals surface area contributed by atoms with E-state index in [9.17, 15) is 9.59 Å². The minimum atomic E-state index is -0.171. The fraction of sp³-hybridized carbons (Fsp3) is 0.227. The lowest BCUT2D eigenvalue weighted by atomic mass is 10.1. The number of halogens is 1. The lowest BCUT2D eigenvalue weighted by molar-refractivity contribution is 0.0731. The fourth-order valence-electron chi connectivity index (χ4n) is 3.40. The number of carbonyl (C=O) groups is 1. The number of aromatic nitrogens is 2. The molecule has 1 aliphatic rings. The van der Waals surface area contributed by atoms with E-state index in [2.05, 4.69) is 15.3 Å². The van der Waals surface area contributed by atoms with E-state index in [0.29, 0.717) is 47.3 Å².